The molecule has 4 aromatic carbocycles. The zero-order valence-electron chi connectivity index (χ0n) is 49.2. The topological polar surface area (TPSA) is 352 Å². The highest BCUT2D eigenvalue weighted by Gasteiger charge is 2.42. The number of esters is 2. The van der Waals surface area contributed by atoms with Crippen LogP contribution in [0.2, 0.25) is 0 Å². The number of Topliss-reactive ketones (excluding diaryl/α,β-unsaturated/α-hetero) is 4. The Morgan fingerprint density at radius 2 is 1.13 bits per heavy atom. The number of allylic oxidation sites excluding steroid dienone is 3. The molecule has 3 heterocycles. The molecule has 2 unspecified atom stereocenters. The molecule has 3 saturated carbocycles. The minimum atomic E-state index is -3.52. The summed E-state index contributed by atoms with van der Waals surface area (Å²) in [7, 11) is -6.79. The molecule has 23 nitrogen and oxygen atoms in total. The Morgan fingerprint density at radius 1 is 0.644 bits per heavy atom. The van der Waals surface area contributed by atoms with Crippen molar-refractivity contribution >= 4 is 78.7 Å². The van der Waals surface area contributed by atoms with Gasteiger partial charge in [-0.25, -0.2) is 21.6 Å². The molecule has 3 aliphatic heterocycles. The molecule has 0 spiro atoms. The quantitative estimate of drug-likeness (QED) is 0.0473. The molecular weight excluding hydrogens is 1170 g/mol. The van der Waals surface area contributed by atoms with Gasteiger partial charge in [-0.3, -0.25) is 43.0 Å². The van der Waals surface area contributed by atoms with E-state index in [0.717, 1.165) is 93.4 Å². The third-order valence-corrected chi connectivity index (χ3v) is 15.8. The fourth-order valence-corrected chi connectivity index (χ4v) is 12.1. The lowest BCUT2D eigenvalue weighted by Crippen LogP contribution is -2.36. The molecule has 4 aromatic rings. The van der Waals surface area contributed by atoms with E-state index < -0.39 is 37.9 Å². The Bertz CT molecular complexity index is 3510. The maximum atomic E-state index is 13.9. The summed E-state index contributed by atoms with van der Waals surface area (Å²) in [6.07, 6.45) is 12.4. The van der Waals surface area contributed by atoms with Crippen molar-refractivity contribution in [2.75, 3.05) is 35.5 Å². The normalized spacial score (nSPS) is 18.7. The lowest BCUT2D eigenvalue weighted by atomic mass is 9.71. The van der Waals surface area contributed by atoms with Crippen LogP contribution in [-0.4, -0.2) is 108 Å². The molecule has 25 heteroatoms. The second-order valence-electron chi connectivity index (χ2n) is 21.8. The molecule has 3 fully saturated rings. The number of hydrogen-bond acceptors (Lipinski definition) is 20. The summed E-state index contributed by atoms with van der Waals surface area (Å²) < 4.78 is 82.8. The second kappa shape index (κ2) is 30.8. The second-order valence-corrected chi connectivity index (χ2v) is 25.3. The lowest BCUT2D eigenvalue weighted by Gasteiger charge is -2.37. The van der Waals surface area contributed by atoms with E-state index in [1.165, 1.54) is 13.0 Å². The zero-order chi connectivity index (χ0) is 62.3. The zero-order valence-corrected chi connectivity index (χ0v) is 50.8. The van der Waals surface area contributed by atoms with Gasteiger partial charge in [0.15, 0.2) is 28.8 Å². The van der Waals surface area contributed by atoms with E-state index in [9.17, 15) is 50.4 Å². The Kier molecular flexibility index (Phi) is 24.0. The monoisotopic (exact) mass is 1240 g/mol. The number of nitrogens with one attached hydrogen (secondary N) is 3. The molecule has 7 N–H and O–H groups in total. The van der Waals surface area contributed by atoms with Crippen molar-refractivity contribution in [3.05, 3.63) is 130 Å². The van der Waals surface area contributed by atoms with Gasteiger partial charge >= 0.3 is 11.9 Å². The van der Waals surface area contributed by atoms with Gasteiger partial charge in [-0.05, 0) is 149 Å². The molecule has 468 valence electrons. The first-order valence-electron chi connectivity index (χ1n) is 28.1. The predicted molar refractivity (Wildman–Crippen MR) is 320 cm³/mol. The van der Waals surface area contributed by atoms with E-state index in [2.05, 4.69) is 14.8 Å². The standard InChI is InChI=1S/C30H32N2O7S.C13H12O4.C9H14O3.C8H9NO3S.C2H4O2.H3N/c1-17-27(30(34)39-22-8-3-4-9-22)28(19-6-5-7-21(12-19)32-40(2,35)36)29-23(31-17)13-20(14-24(29)33)18-10-11-25-26(15-18)38-16-37-25;14-10-3-9(4-11(15)6-10)8-1-2-12-13(5-8)17-7-16-12;1-7(10)6-9(11)12-8-4-2-3-5-8;1-13(11,12)9-8-4-2-3-7(5-8)6-10;1-2(3)4;/h5-7,10-12,15,20,22,28,31-32H,3-4,8-9,13-14,16H2,1-2H3;1-2,5,9H,3-4,6-7H2;8H,2-6H2,1H3;2-6,9H,1H3;1H3,(H,3,4);1H3. The van der Waals surface area contributed by atoms with Gasteiger partial charge in [0.2, 0.25) is 33.6 Å². The number of sulfonamides is 2. The Morgan fingerprint density at radius 3 is 1.63 bits per heavy atom. The summed E-state index contributed by atoms with van der Waals surface area (Å²) in [4.78, 5) is 91.2. The van der Waals surface area contributed by atoms with Crippen LogP contribution in [-0.2, 0) is 63.1 Å². The number of ketones is 4. The Labute approximate surface area is 505 Å². The maximum Gasteiger partial charge on any atom is 0.337 e. The minimum Gasteiger partial charge on any atom is -0.481 e. The number of carboxylic acids is 1. The first-order chi connectivity index (χ1) is 40.8. The van der Waals surface area contributed by atoms with E-state index >= 15 is 0 Å². The molecule has 11 rings (SSSR count). The number of ether oxygens (including phenoxy) is 6. The highest BCUT2D eigenvalue weighted by atomic mass is 32.2. The Balaban J connectivity index is 0.000000210. The van der Waals surface area contributed by atoms with Gasteiger partial charge in [0.05, 0.1) is 24.5 Å². The van der Waals surface area contributed by atoms with Gasteiger partial charge in [0, 0.05) is 66.0 Å². The average molecular weight is 1240 g/mol. The van der Waals surface area contributed by atoms with Crippen LogP contribution in [0.3, 0.4) is 0 Å². The van der Waals surface area contributed by atoms with E-state index in [4.69, 9.17) is 38.3 Å². The molecule has 7 aliphatic rings. The molecule has 4 aliphatic carbocycles. The summed E-state index contributed by atoms with van der Waals surface area (Å²) in [6, 6.07) is 24.5. The Hall–Kier alpha value is -8.42. The smallest absolute Gasteiger partial charge is 0.337 e. The SMILES string of the molecule is CC(=O)CC(=O)OC1CCCC1.CC(=O)O.CC1=C(C(=O)OC2CCCC2)C(c2cccc(NS(C)(=O)=O)c2)C2=C(CC(c3ccc4c(c3)OCO4)CC2=O)N1.CS(=O)(=O)Nc1cccc(C=O)c1.N.O=C1CC(=O)CC(c2ccc3c(c2)OCO3)C1. The fourth-order valence-electron chi connectivity index (χ4n) is 11.0. The molecule has 0 amide bonds. The molecule has 0 radical (unpaired) electrons. The number of hydrogen-bond donors (Lipinski definition) is 5. The van der Waals surface area contributed by atoms with Crippen molar-refractivity contribution in [2.45, 2.75) is 141 Å². The van der Waals surface area contributed by atoms with E-state index in [0.29, 0.717) is 82.1 Å². The van der Waals surface area contributed by atoms with Gasteiger partial charge < -0.3 is 45.0 Å². The van der Waals surface area contributed by atoms with Crippen molar-refractivity contribution in [3.8, 4) is 23.0 Å². The molecule has 0 aromatic heterocycles. The van der Waals surface area contributed by atoms with Gasteiger partial charge in [-0.2, -0.15) is 0 Å². The first-order valence-corrected chi connectivity index (χ1v) is 31.9. The number of rotatable bonds is 13. The van der Waals surface area contributed by atoms with Gasteiger partial charge in [-0.15, -0.1) is 0 Å². The fraction of sp³-hybridized carbons (Fsp3) is 0.419. The van der Waals surface area contributed by atoms with E-state index in [1.54, 1.807) is 36.4 Å². The van der Waals surface area contributed by atoms with Crippen molar-refractivity contribution in [3.63, 3.8) is 0 Å². The highest BCUT2D eigenvalue weighted by molar-refractivity contribution is 7.92. The number of carboxylic acid groups (broad SMARTS) is 1. The largest absolute Gasteiger partial charge is 0.481 e. The van der Waals surface area contributed by atoms with Crippen LogP contribution in [0.1, 0.15) is 155 Å². The molecule has 0 saturated heterocycles. The highest BCUT2D eigenvalue weighted by Crippen LogP contribution is 2.48. The summed E-state index contributed by atoms with van der Waals surface area (Å²) in [5, 5.41) is 10.8. The van der Waals surface area contributed by atoms with Gasteiger partial charge in [0.25, 0.3) is 5.97 Å². The van der Waals surface area contributed by atoms with Gasteiger partial charge in [0.1, 0.15) is 42.3 Å². The summed E-state index contributed by atoms with van der Waals surface area (Å²) in [5.74, 6) is 0.246. The predicted octanol–water partition coefficient (Wildman–Crippen LogP) is 9.03. The number of carbonyl (C=O) groups is 8. The van der Waals surface area contributed by atoms with Crippen LogP contribution in [0.25, 0.3) is 0 Å². The van der Waals surface area contributed by atoms with Crippen LogP contribution >= 0.6 is 0 Å². The maximum absolute atomic E-state index is 13.9. The summed E-state index contributed by atoms with van der Waals surface area (Å²) in [5.41, 5.74) is 6.12. The molecule has 87 heavy (non-hydrogen) atoms. The van der Waals surface area contributed by atoms with E-state index in [-0.39, 0.29) is 92.1 Å². The van der Waals surface area contributed by atoms with Crippen molar-refractivity contribution in [1.82, 2.24) is 11.5 Å². The summed E-state index contributed by atoms with van der Waals surface area (Å²) in [6.45, 7) is 4.73. The number of aldehydes is 1. The third-order valence-electron chi connectivity index (χ3n) is 14.5. The van der Waals surface area contributed by atoms with Crippen molar-refractivity contribution in [1.29, 1.82) is 0 Å². The molecular formula is C62H74N4O19S2. The first kappa shape index (κ1) is 67.7. The number of anilines is 2. The van der Waals surface area contributed by atoms with Crippen LogP contribution in [0.4, 0.5) is 11.4 Å². The van der Waals surface area contributed by atoms with E-state index in [1.807, 2.05) is 49.4 Å². The lowest BCUT2D eigenvalue weighted by molar-refractivity contribution is -0.150. The number of dihydropyridines is 1. The number of fused-ring (bicyclic) bond motifs is 2. The molecule has 0 bridgehead atoms. The minimum absolute atomic E-state index is 0. The van der Waals surface area contributed by atoms with Gasteiger partial charge in [-0.1, -0.05) is 36.4 Å². The molecule has 2 atom stereocenters. The number of benzene rings is 4. The van der Waals surface area contributed by atoms with Crippen LogP contribution in [0, 0.1) is 0 Å². The van der Waals surface area contributed by atoms with Crippen molar-refractivity contribution in [2.24, 2.45) is 0 Å². The van der Waals surface area contributed by atoms with Crippen LogP contribution in [0.15, 0.2) is 107 Å². The van der Waals surface area contributed by atoms with Crippen LogP contribution in [0.5, 0.6) is 23.0 Å². The van der Waals surface area contributed by atoms with Crippen molar-refractivity contribution < 1.29 is 88.7 Å². The number of carbonyl (C=O) groups excluding carboxylic acids is 7. The number of aliphatic carboxylic acids is 1. The van der Waals surface area contributed by atoms with Crippen LogP contribution < -0.4 is 39.9 Å². The third kappa shape index (κ3) is 20.3. The summed E-state index contributed by atoms with van der Waals surface area (Å²) >= 11 is 0. The average Bonchev–Trinajstić information content (AvgIpc) is 1.43.